The Morgan fingerprint density at radius 2 is 2.22 bits per heavy atom. The third kappa shape index (κ3) is 3.05. The number of methoxy groups -OCH3 is 1. The number of carbonyl (C=O) groups is 1. The highest BCUT2D eigenvalue weighted by Gasteiger charge is 2.37. The van der Waals surface area contributed by atoms with Crippen molar-refractivity contribution >= 4 is 33.4 Å². The highest BCUT2D eigenvalue weighted by atomic mass is 79.9. The molecule has 0 aromatic heterocycles. The van der Waals surface area contributed by atoms with Gasteiger partial charge in [-0.3, -0.25) is 4.79 Å². The van der Waals surface area contributed by atoms with E-state index in [-0.39, 0.29) is 11.5 Å². The Labute approximate surface area is 120 Å². The lowest BCUT2D eigenvalue weighted by Crippen LogP contribution is -2.49. The quantitative estimate of drug-likeness (QED) is 0.917. The minimum Gasteiger partial charge on any atom is -0.376 e. The maximum Gasteiger partial charge on any atom is 0.251 e. The van der Waals surface area contributed by atoms with E-state index in [1.807, 2.05) is 0 Å². The van der Waals surface area contributed by atoms with E-state index in [0.717, 1.165) is 23.7 Å². The first-order valence-corrected chi connectivity index (χ1v) is 7.01. The van der Waals surface area contributed by atoms with Gasteiger partial charge in [0.2, 0.25) is 0 Å². The highest BCUT2D eigenvalue weighted by molar-refractivity contribution is 9.10. The molecule has 0 atom stereocenters. The molecule has 0 bridgehead atoms. The normalized spacial score (nSPS) is 17.1. The van der Waals surface area contributed by atoms with Crippen LogP contribution in [0.4, 0.5) is 0 Å². The highest BCUT2D eigenvalue weighted by Crippen LogP contribution is 2.34. The van der Waals surface area contributed by atoms with Crippen molar-refractivity contribution in [2.24, 2.45) is 0 Å². The first-order chi connectivity index (χ1) is 8.54. The van der Waals surface area contributed by atoms with Crippen LogP contribution in [0.15, 0.2) is 22.7 Å². The number of rotatable bonds is 4. The summed E-state index contributed by atoms with van der Waals surface area (Å²) in [6, 6.07) is 5.16. The standard InChI is InChI=1S/C13H15BrClNO2/c1-18-13(3-2-4-13)8-16-12(17)9-5-10(14)7-11(15)6-9/h5-7H,2-4,8H2,1H3,(H,16,17). The molecule has 0 saturated heterocycles. The number of ether oxygens (including phenoxy) is 1. The molecule has 18 heavy (non-hydrogen) atoms. The summed E-state index contributed by atoms with van der Waals surface area (Å²) in [5.74, 6) is -0.124. The number of hydrogen-bond donors (Lipinski definition) is 1. The van der Waals surface area contributed by atoms with Gasteiger partial charge in [-0.1, -0.05) is 27.5 Å². The van der Waals surface area contributed by atoms with Crippen LogP contribution in [0.3, 0.4) is 0 Å². The van der Waals surface area contributed by atoms with Crippen LogP contribution in [0.5, 0.6) is 0 Å². The van der Waals surface area contributed by atoms with Crippen molar-refractivity contribution in [3.8, 4) is 0 Å². The van der Waals surface area contributed by atoms with E-state index < -0.39 is 0 Å². The number of benzene rings is 1. The molecule has 1 aromatic rings. The van der Waals surface area contributed by atoms with Gasteiger partial charge in [0.15, 0.2) is 0 Å². The zero-order valence-electron chi connectivity index (χ0n) is 10.1. The molecule has 1 amide bonds. The molecule has 1 fully saturated rings. The number of halogens is 2. The van der Waals surface area contributed by atoms with Gasteiger partial charge in [0.1, 0.15) is 0 Å². The summed E-state index contributed by atoms with van der Waals surface area (Å²) in [7, 11) is 1.70. The smallest absolute Gasteiger partial charge is 0.251 e. The van der Waals surface area contributed by atoms with Crippen molar-refractivity contribution in [3.63, 3.8) is 0 Å². The Morgan fingerprint density at radius 1 is 1.50 bits per heavy atom. The average molecular weight is 333 g/mol. The van der Waals surface area contributed by atoms with Crippen LogP contribution in [-0.4, -0.2) is 25.2 Å². The summed E-state index contributed by atoms with van der Waals surface area (Å²) >= 11 is 9.24. The third-order valence-corrected chi connectivity index (χ3v) is 4.07. The Balaban J connectivity index is 1.99. The van der Waals surface area contributed by atoms with Crippen LogP contribution in [0.25, 0.3) is 0 Å². The van der Waals surface area contributed by atoms with Crippen molar-refractivity contribution in [1.29, 1.82) is 0 Å². The van der Waals surface area contributed by atoms with Crippen molar-refractivity contribution < 1.29 is 9.53 Å². The van der Waals surface area contributed by atoms with Gasteiger partial charge in [-0.2, -0.15) is 0 Å². The number of amides is 1. The SMILES string of the molecule is COC1(CNC(=O)c2cc(Cl)cc(Br)c2)CCC1. The van der Waals surface area contributed by atoms with E-state index >= 15 is 0 Å². The van der Waals surface area contributed by atoms with Gasteiger partial charge in [-0.25, -0.2) is 0 Å². The summed E-state index contributed by atoms with van der Waals surface area (Å²) in [6.45, 7) is 0.548. The number of hydrogen-bond acceptors (Lipinski definition) is 2. The average Bonchev–Trinajstić information content (AvgIpc) is 2.26. The second-order valence-corrected chi connectivity index (χ2v) is 5.93. The Bertz CT molecular complexity index is 435. The molecule has 1 aliphatic carbocycles. The van der Waals surface area contributed by atoms with Gasteiger partial charge in [0.05, 0.1) is 5.60 Å². The summed E-state index contributed by atoms with van der Waals surface area (Å²) in [5.41, 5.74) is 0.394. The first-order valence-electron chi connectivity index (χ1n) is 5.84. The second-order valence-electron chi connectivity index (χ2n) is 4.58. The second kappa shape index (κ2) is 5.59. The van der Waals surface area contributed by atoms with Crippen LogP contribution in [0.2, 0.25) is 5.02 Å². The molecule has 1 aromatic carbocycles. The summed E-state index contributed by atoms with van der Waals surface area (Å²) in [4.78, 5) is 12.0. The largest absolute Gasteiger partial charge is 0.376 e. The first kappa shape index (κ1) is 13.8. The molecule has 2 rings (SSSR count). The lowest BCUT2D eigenvalue weighted by Gasteiger charge is -2.40. The van der Waals surface area contributed by atoms with E-state index in [2.05, 4.69) is 21.2 Å². The molecule has 5 heteroatoms. The predicted octanol–water partition coefficient (Wildman–Crippen LogP) is 3.40. The van der Waals surface area contributed by atoms with Gasteiger partial charge in [0.25, 0.3) is 5.91 Å². The van der Waals surface area contributed by atoms with E-state index in [1.54, 1.807) is 25.3 Å². The Kier molecular flexibility index (Phi) is 4.30. The molecule has 0 unspecified atom stereocenters. The van der Waals surface area contributed by atoms with Gasteiger partial charge in [0, 0.05) is 28.7 Å². The van der Waals surface area contributed by atoms with Crippen molar-refractivity contribution in [2.45, 2.75) is 24.9 Å². The zero-order chi connectivity index (χ0) is 13.2. The topological polar surface area (TPSA) is 38.3 Å². The molecule has 0 spiro atoms. The van der Waals surface area contributed by atoms with Gasteiger partial charge in [-0.15, -0.1) is 0 Å². The zero-order valence-corrected chi connectivity index (χ0v) is 12.5. The van der Waals surface area contributed by atoms with Crippen LogP contribution >= 0.6 is 27.5 Å². The third-order valence-electron chi connectivity index (χ3n) is 3.39. The van der Waals surface area contributed by atoms with Crippen LogP contribution < -0.4 is 5.32 Å². The molecule has 0 aliphatic heterocycles. The summed E-state index contributed by atoms with van der Waals surface area (Å²) in [6.07, 6.45) is 3.17. The Hall–Kier alpha value is -0.580. The molecular weight excluding hydrogens is 318 g/mol. The van der Waals surface area contributed by atoms with E-state index in [1.165, 1.54) is 0 Å². The van der Waals surface area contributed by atoms with Crippen LogP contribution in [0.1, 0.15) is 29.6 Å². The van der Waals surface area contributed by atoms with Crippen molar-refractivity contribution in [1.82, 2.24) is 5.32 Å². The fourth-order valence-electron chi connectivity index (χ4n) is 2.05. The summed E-state index contributed by atoms with van der Waals surface area (Å²) in [5, 5.41) is 3.44. The van der Waals surface area contributed by atoms with E-state index in [0.29, 0.717) is 17.1 Å². The fourth-order valence-corrected chi connectivity index (χ4v) is 2.91. The van der Waals surface area contributed by atoms with Crippen LogP contribution in [0, 0.1) is 0 Å². The summed E-state index contributed by atoms with van der Waals surface area (Å²) < 4.78 is 6.25. The lowest BCUT2D eigenvalue weighted by atomic mass is 9.80. The maximum atomic E-state index is 12.0. The molecule has 98 valence electrons. The van der Waals surface area contributed by atoms with Crippen molar-refractivity contribution in [3.05, 3.63) is 33.3 Å². The van der Waals surface area contributed by atoms with Gasteiger partial charge >= 0.3 is 0 Å². The van der Waals surface area contributed by atoms with Gasteiger partial charge < -0.3 is 10.1 Å². The van der Waals surface area contributed by atoms with Crippen LogP contribution in [-0.2, 0) is 4.74 Å². The molecule has 1 saturated carbocycles. The molecule has 1 aliphatic rings. The van der Waals surface area contributed by atoms with E-state index in [9.17, 15) is 4.79 Å². The number of carbonyl (C=O) groups excluding carboxylic acids is 1. The van der Waals surface area contributed by atoms with Gasteiger partial charge in [-0.05, 0) is 37.5 Å². The molecule has 0 heterocycles. The van der Waals surface area contributed by atoms with E-state index in [4.69, 9.17) is 16.3 Å². The monoisotopic (exact) mass is 331 g/mol. The maximum absolute atomic E-state index is 12.0. The molecule has 0 radical (unpaired) electrons. The predicted molar refractivity (Wildman–Crippen MR) is 75.1 cm³/mol. The fraction of sp³-hybridized carbons (Fsp3) is 0.462. The lowest BCUT2D eigenvalue weighted by molar-refractivity contribution is -0.0679. The van der Waals surface area contributed by atoms with Crippen molar-refractivity contribution in [2.75, 3.05) is 13.7 Å². The minimum atomic E-state index is -0.161. The molecular formula is C13H15BrClNO2. The molecule has 3 nitrogen and oxygen atoms in total. The molecule has 1 N–H and O–H groups in total. The minimum absolute atomic E-state index is 0.124. The Morgan fingerprint density at radius 3 is 2.72 bits per heavy atom. The number of nitrogens with one attached hydrogen (secondary N) is 1.